The van der Waals surface area contributed by atoms with E-state index >= 15 is 0 Å². The molecule has 6 rings (SSSR count). The molecule has 0 unspecified atom stereocenters. The van der Waals surface area contributed by atoms with Crippen molar-refractivity contribution in [2.75, 3.05) is 24.7 Å². The number of aromatic nitrogens is 6. The van der Waals surface area contributed by atoms with Crippen molar-refractivity contribution < 1.29 is 40.1 Å². The quantitative estimate of drug-likeness (QED) is 0.0846. The van der Waals surface area contributed by atoms with Crippen LogP contribution >= 0.6 is 0 Å². The van der Waals surface area contributed by atoms with Gasteiger partial charge >= 0.3 is 237 Å². The zero-order chi connectivity index (χ0) is 28.3. The van der Waals surface area contributed by atoms with Crippen LogP contribution in [0.1, 0.15) is 12.5 Å². The molecule has 214 valence electrons. The second kappa shape index (κ2) is 10.8. The molecule has 8 atom stereocenters. The van der Waals surface area contributed by atoms with Crippen LogP contribution in [0.15, 0.2) is 24.5 Å². The minimum atomic E-state index is -1.28. The molecule has 0 aliphatic carbocycles. The molecular formula is C22H26N8O8Se2. The summed E-state index contributed by atoms with van der Waals surface area (Å²) >= 11 is -0.539. The second-order valence-corrected chi connectivity index (χ2v) is 15.3. The first-order chi connectivity index (χ1) is 19.2. The van der Waals surface area contributed by atoms with E-state index in [1.807, 2.05) is 0 Å². The third-order valence-corrected chi connectivity index (χ3v) is 13.4. The Balaban J connectivity index is 1.30. The molecule has 0 bridgehead atoms. The molecule has 18 heteroatoms. The monoisotopic (exact) mass is 690 g/mol. The van der Waals surface area contributed by atoms with Crippen molar-refractivity contribution in [3.8, 4) is 0 Å². The van der Waals surface area contributed by atoms with Gasteiger partial charge in [-0.1, -0.05) is 0 Å². The Labute approximate surface area is 236 Å². The molecule has 10 N–H and O–H groups in total. The summed E-state index contributed by atoms with van der Waals surface area (Å²) in [6.07, 6.45) is -5.56. The number of ether oxygens (including phenoxy) is 2. The molecule has 2 aliphatic heterocycles. The fourth-order valence-corrected chi connectivity index (χ4v) is 11.3. The number of fused-ring (bicyclic) bond motifs is 2. The number of aliphatic hydroxyl groups excluding tert-OH is 6. The molecular weight excluding hydrogens is 662 g/mol. The summed E-state index contributed by atoms with van der Waals surface area (Å²) in [4.78, 5) is 17.6. The SMILES string of the molecule is Nc1nc([Se][Se]c2nc(N)nc3c2ccn3[C@@H]2O[C@H](CO)[C@@H](O)[C@H]2O)c2ccn([C@@H]3O[C@H](CO)[C@@H](O)[C@H]3O)c2n1. The zero-order valence-corrected chi connectivity index (χ0v) is 23.9. The Morgan fingerprint density at radius 3 is 1.43 bits per heavy atom. The second-order valence-electron chi connectivity index (χ2n) is 9.32. The Morgan fingerprint density at radius 2 is 1.07 bits per heavy atom. The van der Waals surface area contributed by atoms with Gasteiger partial charge in [0.2, 0.25) is 0 Å². The Hall–Kier alpha value is -2.44. The predicted octanol–water partition coefficient (Wildman–Crippen LogP) is -5.16. The van der Waals surface area contributed by atoms with Gasteiger partial charge < -0.3 is 0 Å². The van der Waals surface area contributed by atoms with Crippen molar-refractivity contribution in [1.82, 2.24) is 29.1 Å². The topological polar surface area (TPSA) is 253 Å². The van der Waals surface area contributed by atoms with Crippen LogP contribution in [0.5, 0.6) is 0 Å². The van der Waals surface area contributed by atoms with Crippen molar-refractivity contribution in [3.05, 3.63) is 24.5 Å². The van der Waals surface area contributed by atoms with Crippen LogP contribution in [-0.2, 0) is 9.47 Å². The van der Waals surface area contributed by atoms with Crippen LogP contribution in [0.4, 0.5) is 11.9 Å². The third-order valence-electron chi connectivity index (χ3n) is 6.89. The van der Waals surface area contributed by atoms with Gasteiger partial charge in [-0.25, -0.2) is 0 Å². The molecule has 0 spiro atoms. The number of nitrogens with two attached hydrogens (primary N) is 2. The maximum absolute atomic E-state index is 10.5. The number of nitrogens with zero attached hydrogens (tertiary/aromatic N) is 6. The molecule has 0 aromatic carbocycles. The minimum absolute atomic E-state index is 0.0229. The van der Waals surface area contributed by atoms with E-state index in [4.69, 9.17) is 20.9 Å². The molecule has 16 nitrogen and oxygen atoms in total. The normalized spacial score (nSPS) is 30.6. The van der Waals surface area contributed by atoms with Gasteiger partial charge in [0.05, 0.1) is 0 Å². The summed E-state index contributed by atoms with van der Waals surface area (Å²) in [5.41, 5.74) is 12.9. The van der Waals surface area contributed by atoms with Gasteiger partial charge in [-0.3, -0.25) is 0 Å². The molecule has 0 saturated carbocycles. The summed E-state index contributed by atoms with van der Waals surface area (Å²) in [6, 6.07) is 3.55. The standard InChI is InChI=1S/C22H26N8O8Se2/c23-21-25-15-7(1-3-29(15)19-13(35)11(33)9(5-31)37-19)17(27-21)39-40-18-8-2-4-30(16(8)26-22(24)28-18)20-14(36)12(34)10(6-32)38-20/h1-4,9-14,19-20,31-36H,5-6H2,(H2,23,25,27)(H2,24,26,28)/t9-,10-,11-,12-,13-,14-,19-,20-/m1/s1. The van der Waals surface area contributed by atoms with Crippen LogP contribution in [0.3, 0.4) is 0 Å². The van der Waals surface area contributed by atoms with E-state index in [1.165, 1.54) is 0 Å². The number of rotatable bonds is 7. The molecule has 0 radical (unpaired) electrons. The van der Waals surface area contributed by atoms with Crippen LogP contribution in [-0.4, -0.2) is 136 Å². The summed E-state index contributed by atoms with van der Waals surface area (Å²) in [6.45, 7) is -0.900. The first-order valence-electron chi connectivity index (χ1n) is 12.1. The van der Waals surface area contributed by atoms with Crippen molar-refractivity contribution in [3.63, 3.8) is 0 Å². The van der Waals surface area contributed by atoms with E-state index in [-0.39, 0.29) is 38.2 Å². The Morgan fingerprint density at radius 1 is 0.675 bits per heavy atom. The van der Waals surface area contributed by atoms with E-state index in [0.29, 0.717) is 31.3 Å². The number of hydrogen-bond acceptors (Lipinski definition) is 14. The molecule has 2 saturated heterocycles. The van der Waals surface area contributed by atoms with Crippen molar-refractivity contribution in [2.45, 2.75) is 49.1 Å². The Kier molecular flexibility index (Phi) is 7.45. The van der Waals surface area contributed by atoms with Gasteiger partial charge in [-0.15, -0.1) is 0 Å². The van der Waals surface area contributed by atoms with Gasteiger partial charge in [0, 0.05) is 0 Å². The van der Waals surface area contributed by atoms with E-state index in [1.54, 1.807) is 33.7 Å². The fourth-order valence-electron chi connectivity index (χ4n) is 4.88. The summed E-state index contributed by atoms with van der Waals surface area (Å²) in [7, 11) is 0. The fraction of sp³-hybridized carbons (Fsp3) is 0.455. The van der Waals surface area contributed by atoms with Crippen LogP contribution in [0, 0.1) is 0 Å². The predicted molar refractivity (Wildman–Crippen MR) is 141 cm³/mol. The Bertz CT molecular complexity index is 1440. The summed E-state index contributed by atoms with van der Waals surface area (Å²) < 4.78 is 15.8. The first kappa shape index (κ1) is 27.7. The summed E-state index contributed by atoms with van der Waals surface area (Å²) in [5, 5.41) is 61.6. The number of hydrogen-bond donors (Lipinski definition) is 8. The molecule has 4 aromatic rings. The molecule has 6 heterocycles. The van der Waals surface area contributed by atoms with E-state index in [9.17, 15) is 30.6 Å². The zero-order valence-electron chi connectivity index (χ0n) is 20.5. The van der Waals surface area contributed by atoms with Gasteiger partial charge in [-0.05, 0) is 0 Å². The van der Waals surface area contributed by atoms with Crippen molar-refractivity contribution in [1.29, 1.82) is 0 Å². The average molecular weight is 688 g/mol. The molecule has 4 aromatic heterocycles. The average Bonchev–Trinajstić information content (AvgIpc) is 3.68. The maximum atomic E-state index is 10.5. The number of anilines is 2. The van der Waals surface area contributed by atoms with Gasteiger partial charge in [-0.2, -0.15) is 0 Å². The van der Waals surface area contributed by atoms with Crippen LogP contribution < -0.4 is 20.7 Å². The van der Waals surface area contributed by atoms with E-state index < -0.39 is 62.3 Å². The molecule has 2 aliphatic rings. The molecule has 40 heavy (non-hydrogen) atoms. The number of nitrogen functional groups attached to an aromatic ring is 2. The summed E-state index contributed by atoms with van der Waals surface area (Å²) in [5.74, 6) is 0.0458. The number of aliphatic hydroxyl groups is 6. The van der Waals surface area contributed by atoms with Gasteiger partial charge in [0.1, 0.15) is 0 Å². The van der Waals surface area contributed by atoms with Crippen molar-refractivity contribution in [2.24, 2.45) is 0 Å². The molecule has 0 amide bonds. The van der Waals surface area contributed by atoms with Crippen LogP contribution in [0.2, 0.25) is 0 Å². The van der Waals surface area contributed by atoms with Crippen molar-refractivity contribution >= 4 is 69.4 Å². The first-order valence-corrected chi connectivity index (χ1v) is 18.1. The van der Waals surface area contributed by atoms with E-state index in [0.717, 1.165) is 0 Å². The third kappa shape index (κ3) is 4.55. The van der Waals surface area contributed by atoms with E-state index in [2.05, 4.69) is 19.9 Å². The molecule has 2 fully saturated rings. The van der Waals surface area contributed by atoms with Crippen LogP contribution in [0.25, 0.3) is 22.1 Å². The van der Waals surface area contributed by atoms with Gasteiger partial charge in [0.15, 0.2) is 0 Å². The van der Waals surface area contributed by atoms with Gasteiger partial charge in [0.25, 0.3) is 0 Å².